The molecular formula is C17H24ClN3O4. The van der Waals surface area contributed by atoms with Crippen LogP contribution in [0, 0.1) is 0 Å². The van der Waals surface area contributed by atoms with E-state index in [-0.39, 0.29) is 18.2 Å². The number of piperidine rings is 1. The Morgan fingerprint density at radius 2 is 2.00 bits per heavy atom. The van der Waals surface area contributed by atoms with E-state index in [1.165, 1.54) is 0 Å². The summed E-state index contributed by atoms with van der Waals surface area (Å²) in [4.78, 5) is 25.2. The van der Waals surface area contributed by atoms with Gasteiger partial charge in [0, 0.05) is 19.1 Å². The number of para-hydroxylation sites is 1. The first-order valence-electron chi connectivity index (χ1n) is 8.43. The van der Waals surface area contributed by atoms with Crippen molar-refractivity contribution in [2.75, 3.05) is 32.8 Å². The molecule has 1 aliphatic heterocycles. The van der Waals surface area contributed by atoms with Gasteiger partial charge in [0.15, 0.2) is 0 Å². The lowest BCUT2D eigenvalue weighted by Crippen LogP contribution is -2.49. The minimum absolute atomic E-state index is 0.0511. The van der Waals surface area contributed by atoms with Crippen LogP contribution in [0.5, 0.6) is 5.75 Å². The van der Waals surface area contributed by atoms with Gasteiger partial charge in [-0.1, -0.05) is 23.7 Å². The average molecular weight is 370 g/mol. The standard InChI is InChI=1S/C17H24ClN3O4/c1-2-24-17(23)21-10-7-13(8-11-21)20-16(22)19-9-12-25-15-6-4-3-5-14(15)18/h3-6,13H,2,7-12H2,1H3,(H2,19,20,22). The maximum absolute atomic E-state index is 11.9. The van der Waals surface area contributed by atoms with Crippen molar-refractivity contribution in [2.45, 2.75) is 25.8 Å². The minimum Gasteiger partial charge on any atom is -0.490 e. The largest absolute Gasteiger partial charge is 0.490 e. The Morgan fingerprint density at radius 3 is 2.68 bits per heavy atom. The lowest BCUT2D eigenvalue weighted by Gasteiger charge is -2.31. The first-order valence-corrected chi connectivity index (χ1v) is 8.81. The Balaban J connectivity index is 1.60. The van der Waals surface area contributed by atoms with Gasteiger partial charge in [0.1, 0.15) is 12.4 Å². The molecule has 0 spiro atoms. The third kappa shape index (κ3) is 6.34. The molecule has 0 aromatic heterocycles. The van der Waals surface area contributed by atoms with Crippen molar-refractivity contribution in [1.82, 2.24) is 15.5 Å². The number of nitrogens with one attached hydrogen (secondary N) is 2. The van der Waals surface area contributed by atoms with E-state index < -0.39 is 0 Å². The van der Waals surface area contributed by atoms with Crippen LogP contribution in [0.25, 0.3) is 0 Å². The van der Waals surface area contributed by atoms with E-state index >= 15 is 0 Å². The summed E-state index contributed by atoms with van der Waals surface area (Å²) in [5.41, 5.74) is 0. The van der Waals surface area contributed by atoms with Crippen LogP contribution < -0.4 is 15.4 Å². The number of carbonyl (C=O) groups excluding carboxylic acids is 2. The molecule has 1 aromatic rings. The quantitative estimate of drug-likeness (QED) is 0.755. The fourth-order valence-electron chi connectivity index (χ4n) is 2.54. The molecule has 0 aliphatic carbocycles. The topological polar surface area (TPSA) is 79.9 Å². The number of amides is 3. The number of hydrogen-bond donors (Lipinski definition) is 2. The van der Waals surface area contributed by atoms with E-state index in [1.807, 2.05) is 12.1 Å². The average Bonchev–Trinajstić information content (AvgIpc) is 2.61. The molecule has 1 aliphatic rings. The summed E-state index contributed by atoms with van der Waals surface area (Å²) in [6, 6.07) is 7.00. The maximum atomic E-state index is 11.9. The lowest BCUT2D eigenvalue weighted by molar-refractivity contribution is 0.0957. The summed E-state index contributed by atoms with van der Waals surface area (Å²) in [5.74, 6) is 0.595. The van der Waals surface area contributed by atoms with Crippen LogP contribution in [-0.4, -0.2) is 55.9 Å². The number of hydrogen-bond acceptors (Lipinski definition) is 4. The van der Waals surface area contributed by atoms with Crippen LogP contribution >= 0.6 is 11.6 Å². The van der Waals surface area contributed by atoms with Crippen molar-refractivity contribution in [3.63, 3.8) is 0 Å². The number of urea groups is 1. The molecule has 7 nitrogen and oxygen atoms in total. The van der Waals surface area contributed by atoms with Crippen molar-refractivity contribution >= 4 is 23.7 Å². The molecule has 25 heavy (non-hydrogen) atoms. The van der Waals surface area contributed by atoms with Gasteiger partial charge >= 0.3 is 12.1 Å². The number of halogens is 1. The second-order valence-electron chi connectivity index (χ2n) is 5.64. The van der Waals surface area contributed by atoms with Crippen LogP contribution in [0.15, 0.2) is 24.3 Å². The van der Waals surface area contributed by atoms with E-state index in [9.17, 15) is 9.59 Å². The van der Waals surface area contributed by atoms with Crippen molar-refractivity contribution in [2.24, 2.45) is 0 Å². The van der Waals surface area contributed by atoms with Gasteiger partial charge in [-0.15, -0.1) is 0 Å². The fraction of sp³-hybridized carbons (Fsp3) is 0.529. The third-order valence-corrected chi connectivity index (χ3v) is 4.15. The molecular weight excluding hydrogens is 346 g/mol. The fourth-order valence-corrected chi connectivity index (χ4v) is 2.74. The number of benzene rings is 1. The number of carbonyl (C=O) groups is 2. The first-order chi connectivity index (χ1) is 12.1. The highest BCUT2D eigenvalue weighted by Crippen LogP contribution is 2.22. The summed E-state index contributed by atoms with van der Waals surface area (Å²) in [6.07, 6.45) is 1.13. The molecule has 1 fully saturated rings. The number of nitrogens with zero attached hydrogens (tertiary/aromatic N) is 1. The molecule has 1 saturated heterocycles. The Bertz CT molecular complexity index is 577. The Morgan fingerprint density at radius 1 is 1.28 bits per heavy atom. The molecule has 0 radical (unpaired) electrons. The van der Waals surface area contributed by atoms with Gasteiger partial charge in [-0.3, -0.25) is 0 Å². The van der Waals surface area contributed by atoms with Gasteiger partial charge in [-0.25, -0.2) is 9.59 Å². The van der Waals surface area contributed by atoms with E-state index in [4.69, 9.17) is 21.1 Å². The zero-order chi connectivity index (χ0) is 18.1. The summed E-state index contributed by atoms with van der Waals surface area (Å²) < 4.78 is 10.5. The molecule has 2 rings (SSSR count). The molecule has 3 amide bonds. The lowest BCUT2D eigenvalue weighted by atomic mass is 10.1. The highest BCUT2D eigenvalue weighted by atomic mass is 35.5. The van der Waals surface area contributed by atoms with E-state index in [0.717, 1.165) is 0 Å². The second kappa shape index (κ2) is 9.98. The first kappa shape index (κ1) is 19.2. The Hall–Kier alpha value is -2.15. The van der Waals surface area contributed by atoms with Crippen LogP contribution in [-0.2, 0) is 4.74 Å². The molecule has 8 heteroatoms. The van der Waals surface area contributed by atoms with E-state index in [2.05, 4.69) is 10.6 Å². The van der Waals surface area contributed by atoms with Gasteiger partial charge in [0.25, 0.3) is 0 Å². The maximum Gasteiger partial charge on any atom is 0.409 e. The highest BCUT2D eigenvalue weighted by Gasteiger charge is 2.24. The van der Waals surface area contributed by atoms with Gasteiger partial charge in [0.05, 0.1) is 18.2 Å². The summed E-state index contributed by atoms with van der Waals surface area (Å²) in [6.45, 7) is 4.03. The molecule has 0 unspecified atom stereocenters. The van der Waals surface area contributed by atoms with Gasteiger partial charge in [-0.2, -0.15) is 0 Å². The summed E-state index contributed by atoms with van der Waals surface area (Å²) >= 11 is 5.99. The highest BCUT2D eigenvalue weighted by molar-refractivity contribution is 6.32. The molecule has 1 heterocycles. The van der Waals surface area contributed by atoms with Crippen LogP contribution in [0.2, 0.25) is 5.02 Å². The second-order valence-corrected chi connectivity index (χ2v) is 6.05. The molecule has 0 atom stereocenters. The van der Waals surface area contributed by atoms with Crippen molar-refractivity contribution in [3.8, 4) is 5.75 Å². The van der Waals surface area contributed by atoms with Crippen molar-refractivity contribution in [1.29, 1.82) is 0 Å². The molecule has 1 aromatic carbocycles. The van der Waals surface area contributed by atoms with Crippen LogP contribution in [0.3, 0.4) is 0 Å². The van der Waals surface area contributed by atoms with Gasteiger partial charge in [0.2, 0.25) is 0 Å². The zero-order valence-electron chi connectivity index (χ0n) is 14.3. The number of ether oxygens (including phenoxy) is 2. The summed E-state index contributed by atoms with van der Waals surface area (Å²) in [7, 11) is 0. The zero-order valence-corrected chi connectivity index (χ0v) is 15.1. The Labute approximate surface area is 152 Å². The van der Waals surface area contributed by atoms with Crippen molar-refractivity contribution in [3.05, 3.63) is 29.3 Å². The smallest absolute Gasteiger partial charge is 0.409 e. The van der Waals surface area contributed by atoms with E-state index in [1.54, 1.807) is 24.0 Å². The normalized spacial score (nSPS) is 14.7. The van der Waals surface area contributed by atoms with Crippen LogP contribution in [0.4, 0.5) is 9.59 Å². The molecule has 138 valence electrons. The SMILES string of the molecule is CCOC(=O)N1CCC(NC(=O)NCCOc2ccccc2Cl)CC1. The third-order valence-electron chi connectivity index (χ3n) is 3.84. The van der Waals surface area contributed by atoms with Gasteiger partial charge in [-0.05, 0) is 31.9 Å². The van der Waals surface area contributed by atoms with Crippen molar-refractivity contribution < 1.29 is 19.1 Å². The summed E-state index contributed by atoms with van der Waals surface area (Å²) in [5, 5.41) is 6.20. The predicted octanol–water partition coefficient (Wildman–Crippen LogP) is 2.64. The molecule has 0 bridgehead atoms. The molecule has 2 N–H and O–H groups in total. The number of rotatable bonds is 6. The predicted molar refractivity (Wildman–Crippen MR) is 95.1 cm³/mol. The number of likely N-dealkylation sites (tertiary alicyclic amines) is 1. The van der Waals surface area contributed by atoms with Crippen LogP contribution in [0.1, 0.15) is 19.8 Å². The Kier molecular flexibility index (Phi) is 7.66. The van der Waals surface area contributed by atoms with Gasteiger partial charge < -0.3 is 25.0 Å². The van der Waals surface area contributed by atoms with E-state index in [0.29, 0.717) is 56.5 Å². The monoisotopic (exact) mass is 369 g/mol. The molecule has 0 saturated carbocycles. The minimum atomic E-state index is -0.290.